The van der Waals surface area contributed by atoms with Gasteiger partial charge in [0.05, 0.1) is 0 Å². The molecule has 0 bridgehead atoms. The average molecular weight is 288 g/mol. The van der Waals surface area contributed by atoms with E-state index in [1.807, 2.05) is 0 Å². The monoisotopic (exact) mass is 288 g/mol. The van der Waals surface area contributed by atoms with E-state index in [0.717, 1.165) is 6.54 Å². The number of hydrogen-bond acceptors (Lipinski definition) is 2. The standard InChI is InChI=1S/C19H32N2/c1-5-18-14-20-19(4,6-2)15-21(18)13-12-16(3)17-10-8-7-9-11-17/h7-11,16,18,20H,5-6,12-15H2,1-4H3. The Hall–Kier alpha value is -0.860. The van der Waals surface area contributed by atoms with Gasteiger partial charge in [0.1, 0.15) is 0 Å². The third kappa shape index (κ3) is 4.31. The summed E-state index contributed by atoms with van der Waals surface area (Å²) < 4.78 is 0. The molecule has 118 valence electrons. The topological polar surface area (TPSA) is 15.3 Å². The van der Waals surface area contributed by atoms with Crippen LogP contribution in [0.4, 0.5) is 0 Å². The van der Waals surface area contributed by atoms with E-state index in [9.17, 15) is 0 Å². The van der Waals surface area contributed by atoms with E-state index < -0.39 is 0 Å². The van der Waals surface area contributed by atoms with Gasteiger partial charge in [-0.25, -0.2) is 0 Å². The minimum atomic E-state index is 0.293. The molecule has 0 radical (unpaired) electrons. The van der Waals surface area contributed by atoms with Gasteiger partial charge in [-0.05, 0) is 44.2 Å². The molecule has 1 aromatic carbocycles. The van der Waals surface area contributed by atoms with Crippen molar-refractivity contribution >= 4 is 0 Å². The summed E-state index contributed by atoms with van der Waals surface area (Å²) in [5, 5.41) is 3.75. The first-order valence-electron chi connectivity index (χ1n) is 8.62. The van der Waals surface area contributed by atoms with Crippen LogP contribution in [0.2, 0.25) is 0 Å². The molecule has 2 rings (SSSR count). The second-order valence-electron chi connectivity index (χ2n) is 6.93. The molecule has 3 atom stereocenters. The molecule has 0 saturated carbocycles. The first kappa shape index (κ1) is 16.5. The number of benzene rings is 1. The largest absolute Gasteiger partial charge is 0.309 e. The van der Waals surface area contributed by atoms with Crippen molar-refractivity contribution in [3.8, 4) is 0 Å². The average Bonchev–Trinajstić information content (AvgIpc) is 2.53. The summed E-state index contributed by atoms with van der Waals surface area (Å²) in [6.45, 7) is 12.9. The maximum atomic E-state index is 3.75. The summed E-state index contributed by atoms with van der Waals surface area (Å²) in [4.78, 5) is 2.72. The second kappa shape index (κ2) is 7.42. The molecule has 1 aliphatic rings. The fourth-order valence-electron chi connectivity index (χ4n) is 3.34. The lowest BCUT2D eigenvalue weighted by Crippen LogP contribution is -2.62. The van der Waals surface area contributed by atoms with Crippen LogP contribution in [-0.4, -0.2) is 36.1 Å². The van der Waals surface area contributed by atoms with Crippen LogP contribution >= 0.6 is 0 Å². The minimum absolute atomic E-state index is 0.293. The zero-order valence-corrected chi connectivity index (χ0v) is 14.2. The van der Waals surface area contributed by atoms with E-state index in [-0.39, 0.29) is 0 Å². The van der Waals surface area contributed by atoms with Crippen molar-refractivity contribution in [3.05, 3.63) is 35.9 Å². The van der Waals surface area contributed by atoms with Crippen molar-refractivity contribution < 1.29 is 0 Å². The van der Waals surface area contributed by atoms with Crippen molar-refractivity contribution in [3.63, 3.8) is 0 Å². The first-order chi connectivity index (χ1) is 10.1. The van der Waals surface area contributed by atoms with Crippen molar-refractivity contribution in [2.75, 3.05) is 19.6 Å². The zero-order valence-electron chi connectivity index (χ0n) is 14.2. The summed E-state index contributed by atoms with van der Waals surface area (Å²) in [6.07, 6.45) is 3.70. The summed E-state index contributed by atoms with van der Waals surface area (Å²) in [7, 11) is 0. The van der Waals surface area contributed by atoms with Crippen molar-refractivity contribution in [2.45, 2.75) is 64.5 Å². The minimum Gasteiger partial charge on any atom is -0.309 e. The number of nitrogens with one attached hydrogen (secondary N) is 1. The normalized spacial score (nSPS) is 28.5. The van der Waals surface area contributed by atoms with Crippen LogP contribution in [0.25, 0.3) is 0 Å². The van der Waals surface area contributed by atoms with Gasteiger partial charge in [0.15, 0.2) is 0 Å². The Morgan fingerprint density at radius 1 is 1.29 bits per heavy atom. The lowest BCUT2D eigenvalue weighted by atomic mass is 9.91. The van der Waals surface area contributed by atoms with Crippen LogP contribution in [0.15, 0.2) is 30.3 Å². The number of nitrogens with zero attached hydrogens (tertiary/aromatic N) is 1. The van der Waals surface area contributed by atoms with E-state index in [4.69, 9.17) is 0 Å². The van der Waals surface area contributed by atoms with Gasteiger partial charge in [-0.15, -0.1) is 0 Å². The highest BCUT2D eigenvalue weighted by atomic mass is 15.2. The molecule has 0 spiro atoms. The summed E-state index contributed by atoms with van der Waals surface area (Å²) >= 11 is 0. The van der Waals surface area contributed by atoms with Crippen LogP contribution in [0.3, 0.4) is 0 Å². The second-order valence-corrected chi connectivity index (χ2v) is 6.93. The summed E-state index contributed by atoms with van der Waals surface area (Å²) in [6, 6.07) is 11.6. The van der Waals surface area contributed by atoms with Gasteiger partial charge in [-0.3, -0.25) is 4.90 Å². The van der Waals surface area contributed by atoms with Crippen LogP contribution in [0.1, 0.15) is 58.4 Å². The van der Waals surface area contributed by atoms with Gasteiger partial charge in [-0.2, -0.15) is 0 Å². The van der Waals surface area contributed by atoms with Crippen LogP contribution in [-0.2, 0) is 0 Å². The van der Waals surface area contributed by atoms with Crippen molar-refractivity contribution in [1.29, 1.82) is 0 Å². The van der Waals surface area contributed by atoms with E-state index in [2.05, 4.69) is 68.2 Å². The van der Waals surface area contributed by atoms with Gasteiger partial charge in [-0.1, -0.05) is 51.1 Å². The van der Waals surface area contributed by atoms with Crippen molar-refractivity contribution in [2.24, 2.45) is 0 Å². The van der Waals surface area contributed by atoms with Gasteiger partial charge < -0.3 is 5.32 Å². The Morgan fingerprint density at radius 3 is 2.62 bits per heavy atom. The molecule has 2 nitrogen and oxygen atoms in total. The zero-order chi connectivity index (χ0) is 15.3. The van der Waals surface area contributed by atoms with Gasteiger partial charge >= 0.3 is 0 Å². The third-order valence-electron chi connectivity index (χ3n) is 5.30. The molecule has 0 amide bonds. The van der Waals surface area contributed by atoms with Crippen LogP contribution in [0, 0.1) is 0 Å². The fraction of sp³-hybridized carbons (Fsp3) is 0.684. The van der Waals surface area contributed by atoms with Crippen LogP contribution in [0.5, 0.6) is 0 Å². The predicted molar refractivity (Wildman–Crippen MR) is 91.8 cm³/mol. The lowest BCUT2D eigenvalue weighted by Gasteiger charge is -2.46. The fourth-order valence-corrected chi connectivity index (χ4v) is 3.34. The van der Waals surface area contributed by atoms with Gasteiger partial charge in [0, 0.05) is 24.7 Å². The molecule has 3 unspecified atom stereocenters. The first-order valence-corrected chi connectivity index (χ1v) is 8.62. The maximum absolute atomic E-state index is 3.75. The molecule has 1 N–H and O–H groups in total. The summed E-state index contributed by atoms with van der Waals surface area (Å²) in [5.41, 5.74) is 1.76. The lowest BCUT2D eigenvalue weighted by molar-refractivity contribution is 0.0796. The van der Waals surface area contributed by atoms with E-state index in [0.29, 0.717) is 17.5 Å². The molecule has 1 aliphatic heterocycles. The smallest absolute Gasteiger partial charge is 0.0278 e. The Balaban J connectivity index is 1.93. The Bertz CT molecular complexity index is 417. The Morgan fingerprint density at radius 2 is 2.00 bits per heavy atom. The molecule has 0 aromatic heterocycles. The quantitative estimate of drug-likeness (QED) is 0.850. The number of piperazine rings is 1. The molecule has 2 heteroatoms. The molecule has 1 saturated heterocycles. The molecular weight excluding hydrogens is 256 g/mol. The highest BCUT2D eigenvalue weighted by molar-refractivity contribution is 5.18. The Labute approximate surface area is 130 Å². The molecule has 1 fully saturated rings. The van der Waals surface area contributed by atoms with Crippen LogP contribution < -0.4 is 5.32 Å². The third-order valence-corrected chi connectivity index (χ3v) is 5.30. The molecule has 1 heterocycles. The molecule has 1 aromatic rings. The highest BCUT2D eigenvalue weighted by Crippen LogP contribution is 2.24. The van der Waals surface area contributed by atoms with E-state index >= 15 is 0 Å². The molecular formula is C19H32N2. The molecule has 21 heavy (non-hydrogen) atoms. The SMILES string of the molecule is CCC1CNC(C)(CC)CN1CCC(C)c1ccccc1. The van der Waals surface area contributed by atoms with E-state index in [1.54, 1.807) is 0 Å². The van der Waals surface area contributed by atoms with Crippen molar-refractivity contribution in [1.82, 2.24) is 10.2 Å². The maximum Gasteiger partial charge on any atom is 0.0278 e. The predicted octanol–water partition coefficient (Wildman–Crippen LogP) is 4.03. The summed E-state index contributed by atoms with van der Waals surface area (Å²) in [5.74, 6) is 0.645. The van der Waals surface area contributed by atoms with Gasteiger partial charge in [0.2, 0.25) is 0 Å². The van der Waals surface area contributed by atoms with E-state index in [1.165, 1.54) is 37.9 Å². The van der Waals surface area contributed by atoms with Gasteiger partial charge in [0.25, 0.3) is 0 Å². The number of rotatable bonds is 6. The molecule has 0 aliphatic carbocycles. The highest BCUT2D eigenvalue weighted by Gasteiger charge is 2.33. The Kier molecular flexibility index (Phi) is 5.83. The number of hydrogen-bond donors (Lipinski definition) is 1.